The third-order valence-corrected chi connectivity index (χ3v) is 5.52. The number of benzene rings is 1. The molecule has 0 bridgehead atoms. The number of carbonyl (C=O) groups excluding carboxylic acids is 4. The minimum Gasteiger partial charge on any atom is -0.384 e. The minimum absolute atomic E-state index is 0.0453. The van der Waals surface area contributed by atoms with Crippen molar-refractivity contribution in [2.75, 3.05) is 20.1 Å². The lowest BCUT2D eigenvalue weighted by Crippen LogP contribution is -2.55. The lowest BCUT2D eigenvalue weighted by atomic mass is 9.96. The summed E-state index contributed by atoms with van der Waals surface area (Å²) in [6, 6.07) is 4.50. The van der Waals surface area contributed by atoms with Gasteiger partial charge in [-0.25, -0.2) is 0 Å². The first kappa shape index (κ1) is 30.8. The Morgan fingerprint density at radius 1 is 0.892 bits per heavy atom. The van der Waals surface area contributed by atoms with Crippen LogP contribution in [0, 0.1) is 11.3 Å². The number of aliphatic imine (C=N–C) groups is 1. The van der Waals surface area contributed by atoms with E-state index in [9.17, 15) is 19.2 Å². The largest absolute Gasteiger partial charge is 0.384 e. The molecule has 14 heteroatoms. The van der Waals surface area contributed by atoms with Gasteiger partial charge < -0.3 is 44.6 Å². The molecule has 0 saturated heterocycles. The highest BCUT2D eigenvalue weighted by Gasteiger charge is 2.31. The second-order valence-electron chi connectivity index (χ2n) is 8.39. The van der Waals surface area contributed by atoms with Gasteiger partial charge in [-0.15, -0.1) is 0 Å². The van der Waals surface area contributed by atoms with Crippen molar-refractivity contribution in [3.63, 3.8) is 0 Å². The molecule has 0 aliphatic heterocycles. The standard InChI is InChI=1S/C23H38N10O4/c1-30-20(35)15(12-13-6-8-14(9-7-13)18(25)26)21(36)33-17(4-2-10-24)22(37)32-16(19(27)34)5-3-11-31-23(28)29/h6-9,15-17H,2-5,10-12,24H2,1H3,(H3,25,26)(H2,27,34)(H,30,35)(H,32,37)(H,33,36)(H4,28,29,31)/t15?,16-,17?/m0/s1. The van der Waals surface area contributed by atoms with Gasteiger partial charge in [0.05, 0.1) is 0 Å². The Kier molecular flexibility index (Phi) is 13.1. The highest BCUT2D eigenvalue weighted by atomic mass is 16.2. The fraction of sp³-hybridized carbons (Fsp3) is 0.478. The lowest BCUT2D eigenvalue weighted by Gasteiger charge is -2.24. The van der Waals surface area contributed by atoms with Gasteiger partial charge in [0.25, 0.3) is 0 Å². The average Bonchev–Trinajstić information content (AvgIpc) is 2.85. The molecule has 0 aromatic heterocycles. The van der Waals surface area contributed by atoms with E-state index in [2.05, 4.69) is 20.9 Å². The van der Waals surface area contributed by atoms with Crippen molar-refractivity contribution >= 4 is 35.4 Å². The van der Waals surface area contributed by atoms with Crippen molar-refractivity contribution in [1.82, 2.24) is 16.0 Å². The minimum atomic E-state index is -1.15. The maximum absolute atomic E-state index is 13.1. The third kappa shape index (κ3) is 10.9. The van der Waals surface area contributed by atoms with Crippen LogP contribution in [0.5, 0.6) is 0 Å². The maximum Gasteiger partial charge on any atom is 0.243 e. The van der Waals surface area contributed by atoms with Crippen molar-refractivity contribution in [2.45, 2.75) is 44.2 Å². The van der Waals surface area contributed by atoms with Crippen LogP contribution in [0.3, 0.4) is 0 Å². The van der Waals surface area contributed by atoms with E-state index in [-0.39, 0.29) is 44.1 Å². The van der Waals surface area contributed by atoms with Crippen LogP contribution in [0.2, 0.25) is 0 Å². The van der Waals surface area contributed by atoms with Crippen molar-refractivity contribution in [2.24, 2.45) is 39.6 Å². The first-order chi connectivity index (χ1) is 17.5. The Bertz CT molecular complexity index is 976. The third-order valence-electron chi connectivity index (χ3n) is 5.52. The Balaban J connectivity index is 2.99. The molecule has 0 heterocycles. The van der Waals surface area contributed by atoms with E-state index in [1.807, 2.05) is 0 Å². The summed E-state index contributed by atoms with van der Waals surface area (Å²) in [5, 5.41) is 15.1. The van der Waals surface area contributed by atoms with Crippen LogP contribution in [0.25, 0.3) is 0 Å². The smallest absolute Gasteiger partial charge is 0.243 e. The second kappa shape index (κ2) is 15.7. The summed E-state index contributed by atoms with van der Waals surface area (Å²) in [4.78, 5) is 54.3. The van der Waals surface area contributed by atoms with E-state index in [1.165, 1.54) is 7.05 Å². The van der Waals surface area contributed by atoms with Gasteiger partial charge in [0.15, 0.2) is 5.96 Å². The Morgan fingerprint density at radius 2 is 1.49 bits per heavy atom. The van der Waals surface area contributed by atoms with Gasteiger partial charge in [0.2, 0.25) is 23.6 Å². The van der Waals surface area contributed by atoms with E-state index in [0.29, 0.717) is 24.0 Å². The molecule has 37 heavy (non-hydrogen) atoms. The number of rotatable bonds is 16. The predicted molar refractivity (Wildman–Crippen MR) is 140 cm³/mol. The van der Waals surface area contributed by atoms with E-state index >= 15 is 0 Å². The SMILES string of the molecule is CNC(=O)C(Cc1ccc(C(=N)N)cc1)C(=O)NC(CCCN)C(=O)N[C@@H](CCCN=C(N)N)C(N)=O. The Hall–Kier alpha value is -4.20. The zero-order valence-corrected chi connectivity index (χ0v) is 21.0. The molecular weight excluding hydrogens is 480 g/mol. The predicted octanol–water partition coefficient (Wildman–Crippen LogP) is -2.88. The second-order valence-corrected chi connectivity index (χ2v) is 8.39. The molecule has 14 nitrogen and oxygen atoms in total. The van der Waals surface area contributed by atoms with Gasteiger partial charge in [0.1, 0.15) is 23.8 Å². The van der Waals surface area contributed by atoms with Gasteiger partial charge in [-0.3, -0.25) is 29.6 Å². The number of nitrogens with one attached hydrogen (secondary N) is 4. The summed E-state index contributed by atoms with van der Waals surface area (Å²) in [5.41, 5.74) is 28.2. The van der Waals surface area contributed by atoms with Gasteiger partial charge in [-0.2, -0.15) is 0 Å². The summed E-state index contributed by atoms with van der Waals surface area (Å²) in [7, 11) is 1.40. The first-order valence-electron chi connectivity index (χ1n) is 11.8. The van der Waals surface area contributed by atoms with Crippen LogP contribution in [0.1, 0.15) is 36.8 Å². The summed E-state index contributed by atoms with van der Waals surface area (Å²) < 4.78 is 0. The van der Waals surface area contributed by atoms with Gasteiger partial charge in [0, 0.05) is 19.2 Å². The monoisotopic (exact) mass is 518 g/mol. The topological polar surface area (TPSA) is 271 Å². The molecule has 2 unspecified atom stereocenters. The number of hydrogen-bond donors (Lipinski definition) is 9. The normalized spacial score (nSPS) is 12.9. The number of primary amides is 1. The molecule has 204 valence electrons. The fourth-order valence-corrected chi connectivity index (χ4v) is 3.46. The molecule has 0 aliphatic carbocycles. The van der Waals surface area contributed by atoms with Gasteiger partial charge in [-0.05, 0) is 44.2 Å². The number of nitrogen functional groups attached to an aromatic ring is 1. The number of amides is 4. The lowest BCUT2D eigenvalue weighted by molar-refractivity contribution is -0.138. The highest BCUT2D eigenvalue weighted by molar-refractivity contribution is 6.02. The number of nitrogens with zero attached hydrogens (tertiary/aromatic N) is 1. The first-order valence-corrected chi connectivity index (χ1v) is 11.8. The Morgan fingerprint density at radius 3 is 2.00 bits per heavy atom. The zero-order chi connectivity index (χ0) is 28.0. The number of amidine groups is 1. The van der Waals surface area contributed by atoms with Crippen molar-refractivity contribution in [3.8, 4) is 0 Å². The number of carbonyl (C=O) groups is 4. The van der Waals surface area contributed by atoms with Crippen molar-refractivity contribution in [1.29, 1.82) is 5.41 Å². The summed E-state index contributed by atoms with van der Waals surface area (Å²) in [6.45, 7) is 0.509. The van der Waals surface area contributed by atoms with Crippen molar-refractivity contribution in [3.05, 3.63) is 35.4 Å². The number of guanidine groups is 1. The molecule has 1 aromatic carbocycles. The summed E-state index contributed by atoms with van der Waals surface area (Å²) in [6.07, 6.45) is 1.20. The van der Waals surface area contributed by atoms with Gasteiger partial charge in [-0.1, -0.05) is 24.3 Å². The van der Waals surface area contributed by atoms with E-state index in [4.69, 9.17) is 34.1 Å². The molecule has 3 atom stereocenters. The summed E-state index contributed by atoms with van der Waals surface area (Å²) in [5.74, 6) is -3.94. The molecule has 0 saturated carbocycles. The molecule has 4 amide bonds. The van der Waals surface area contributed by atoms with E-state index < -0.39 is 41.6 Å². The van der Waals surface area contributed by atoms with Crippen LogP contribution >= 0.6 is 0 Å². The average molecular weight is 519 g/mol. The Labute approximate surface area is 215 Å². The van der Waals surface area contributed by atoms with Crippen LogP contribution in [0.4, 0.5) is 0 Å². The quantitative estimate of drug-likeness (QED) is 0.0473. The van der Waals surface area contributed by atoms with E-state index in [0.717, 1.165) is 0 Å². The van der Waals surface area contributed by atoms with Crippen LogP contribution in [0.15, 0.2) is 29.3 Å². The molecule has 0 fully saturated rings. The molecule has 1 rings (SSSR count). The van der Waals surface area contributed by atoms with Gasteiger partial charge >= 0.3 is 0 Å². The van der Waals surface area contributed by atoms with Crippen LogP contribution in [-0.2, 0) is 25.6 Å². The summed E-state index contributed by atoms with van der Waals surface area (Å²) >= 11 is 0. The molecule has 0 spiro atoms. The molecule has 0 radical (unpaired) electrons. The van der Waals surface area contributed by atoms with Crippen LogP contribution < -0.4 is 44.6 Å². The van der Waals surface area contributed by atoms with E-state index in [1.54, 1.807) is 24.3 Å². The van der Waals surface area contributed by atoms with Crippen LogP contribution in [-0.4, -0.2) is 67.6 Å². The molecule has 1 aromatic rings. The molecular formula is C23H38N10O4. The fourth-order valence-electron chi connectivity index (χ4n) is 3.46. The molecule has 14 N–H and O–H groups in total. The number of nitrogens with two attached hydrogens (primary N) is 5. The zero-order valence-electron chi connectivity index (χ0n) is 21.0. The van der Waals surface area contributed by atoms with Crippen molar-refractivity contribution < 1.29 is 19.2 Å². The molecule has 0 aliphatic rings. The maximum atomic E-state index is 13.1. The highest BCUT2D eigenvalue weighted by Crippen LogP contribution is 2.13. The number of hydrogen-bond acceptors (Lipinski definition) is 7.